The summed E-state index contributed by atoms with van der Waals surface area (Å²) in [6.45, 7) is 5.54. The molecule has 0 spiro atoms. The average Bonchev–Trinajstić information content (AvgIpc) is 2.72. The summed E-state index contributed by atoms with van der Waals surface area (Å²) < 4.78 is 0. The lowest BCUT2D eigenvalue weighted by Gasteiger charge is -2.20. The van der Waals surface area contributed by atoms with Crippen LogP contribution in [0.5, 0.6) is 0 Å². The lowest BCUT2D eigenvalue weighted by atomic mass is 9.96. The molecule has 128 valence electrons. The highest BCUT2D eigenvalue weighted by Crippen LogP contribution is 2.22. The Morgan fingerprint density at radius 2 is 2.00 bits per heavy atom. The molecule has 1 saturated heterocycles. The Morgan fingerprint density at radius 1 is 1.22 bits per heavy atom. The number of nitrogens with zero attached hydrogens (tertiary/aromatic N) is 1. The molecule has 0 radical (unpaired) electrons. The number of hydrogen-bond acceptors (Lipinski definition) is 3. The Hall–Kier alpha value is -1.85. The molecule has 1 fully saturated rings. The molecule has 2 rings (SSSR count). The predicted octanol–water partition coefficient (Wildman–Crippen LogP) is 1.73. The van der Waals surface area contributed by atoms with Gasteiger partial charge in [0.05, 0.1) is 0 Å². The molecule has 6 heteroatoms. The van der Waals surface area contributed by atoms with Gasteiger partial charge in [0.1, 0.15) is 0 Å². The van der Waals surface area contributed by atoms with Crippen molar-refractivity contribution in [3.63, 3.8) is 0 Å². The lowest BCUT2D eigenvalue weighted by Crippen LogP contribution is -2.33. The van der Waals surface area contributed by atoms with E-state index in [-0.39, 0.29) is 5.91 Å². The first-order valence-electron chi connectivity index (χ1n) is 8.61. The van der Waals surface area contributed by atoms with Crippen LogP contribution in [-0.2, 0) is 11.2 Å². The van der Waals surface area contributed by atoms with E-state index in [2.05, 4.69) is 16.9 Å². The Balaban J connectivity index is 1.92. The third-order valence-corrected chi connectivity index (χ3v) is 4.74. The molecule has 1 unspecified atom stereocenters. The van der Waals surface area contributed by atoms with E-state index < -0.39 is 11.2 Å². The summed E-state index contributed by atoms with van der Waals surface area (Å²) in [5, 5.41) is 0. The van der Waals surface area contributed by atoms with Gasteiger partial charge < -0.3 is 9.88 Å². The summed E-state index contributed by atoms with van der Waals surface area (Å²) in [6.07, 6.45) is 6.48. The van der Waals surface area contributed by atoms with Crippen LogP contribution in [0.3, 0.4) is 0 Å². The molecule has 1 aliphatic heterocycles. The molecule has 0 saturated carbocycles. The van der Waals surface area contributed by atoms with Crippen LogP contribution in [0, 0.1) is 12.8 Å². The molecule has 1 aromatic rings. The first-order valence-corrected chi connectivity index (χ1v) is 8.61. The number of nitrogens with one attached hydrogen (secondary N) is 2. The summed E-state index contributed by atoms with van der Waals surface area (Å²) in [6, 6.07) is 0. The summed E-state index contributed by atoms with van der Waals surface area (Å²) in [5.74, 6) is 0.842. The predicted molar refractivity (Wildman–Crippen MR) is 89.6 cm³/mol. The number of aromatic amines is 2. The summed E-state index contributed by atoms with van der Waals surface area (Å²) >= 11 is 0. The number of aryl methyl sites for hydroxylation is 1. The van der Waals surface area contributed by atoms with Gasteiger partial charge in [0.2, 0.25) is 5.91 Å². The zero-order valence-electron chi connectivity index (χ0n) is 14.1. The van der Waals surface area contributed by atoms with E-state index in [0.29, 0.717) is 24.1 Å². The third kappa shape index (κ3) is 4.81. The van der Waals surface area contributed by atoms with E-state index in [4.69, 9.17) is 0 Å². The maximum atomic E-state index is 12.4. The fraction of sp³-hybridized carbons (Fsp3) is 0.706. The van der Waals surface area contributed by atoms with Gasteiger partial charge in [-0.05, 0) is 38.5 Å². The Kier molecular flexibility index (Phi) is 6.19. The third-order valence-electron chi connectivity index (χ3n) is 4.74. The van der Waals surface area contributed by atoms with Gasteiger partial charge in [-0.1, -0.05) is 19.8 Å². The molecule has 0 aliphatic carbocycles. The molecular weight excluding hydrogens is 294 g/mol. The number of carbonyl (C=O) groups is 1. The van der Waals surface area contributed by atoms with E-state index >= 15 is 0 Å². The van der Waals surface area contributed by atoms with Crippen LogP contribution >= 0.6 is 0 Å². The number of hydrogen-bond donors (Lipinski definition) is 2. The molecule has 2 heterocycles. The second-order valence-electron chi connectivity index (χ2n) is 6.48. The van der Waals surface area contributed by atoms with Crippen molar-refractivity contribution in [3.05, 3.63) is 32.1 Å². The maximum Gasteiger partial charge on any atom is 0.325 e. The van der Waals surface area contributed by atoms with Crippen LogP contribution < -0.4 is 11.2 Å². The first kappa shape index (κ1) is 17.5. The number of amides is 1. The van der Waals surface area contributed by atoms with Crippen molar-refractivity contribution in [1.29, 1.82) is 0 Å². The second-order valence-corrected chi connectivity index (χ2v) is 6.48. The van der Waals surface area contributed by atoms with Crippen molar-refractivity contribution in [2.45, 2.75) is 58.8 Å². The fourth-order valence-electron chi connectivity index (χ4n) is 3.43. The Bertz CT molecular complexity index is 647. The van der Waals surface area contributed by atoms with E-state index in [0.717, 1.165) is 31.8 Å². The van der Waals surface area contributed by atoms with Crippen molar-refractivity contribution in [2.75, 3.05) is 13.1 Å². The standard InChI is InChI=1S/C17H27N3O3/c1-3-5-13-6-4-10-20(11-9-13)15(21)8-7-14-12(2)18-17(23)19-16(14)22/h13H,3-11H2,1-2H3,(H2,18,19,22,23). The van der Waals surface area contributed by atoms with E-state index in [1.807, 2.05) is 4.90 Å². The number of carbonyl (C=O) groups excluding carboxylic acids is 1. The van der Waals surface area contributed by atoms with Crippen LogP contribution in [-0.4, -0.2) is 33.9 Å². The quantitative estimate of drug-likeness (QED) is 0.866. The van der Waals surface area contributed by atoms with Gasteiger partial charge >= 0.3 is 5.69 Å². The molecule has 1 amide bonds. The SMILES string of the molecule is CCCC1CCCN(C(=O)CCc2c(C)[nH]c(=O)[nH]c2=O)CC1. The summed E-state index contributed by atoms with van der Waals surface area (Å²) in [5.41, 5.74) is 0.150. The number of H-pyrrole nitrogens is 2. The van der Waals surface area contributed by atoms with Crippen LogP contribution in [0.2, 0.25) is 0 Å². The van der Waals surface area contributed by atoms with Crippen molar-refractivity contribution < 1.29 is 4.79 Å². The molecule has 1 aliphatic rings. The second kappa shape index (κ2) is 8.13. The van der Waals surface area contributed by atoms with Crippen LogP contribution in [0.25, 0.3) is 0 Å². The van der Waals surface area contributed by atoms with Crippen molar-refractivity contribution >= 4 is 5.91 Å². The van der Waals surface area contributed by atoms with Gasteiger partial charge in [-0.2, -0.15) is 0 Å². The van der Waals surface area contributed by atoms with Crippen LogP contribution in [0.15, 0.2) is 9.59 Å². The highest BCUT2D eigenvalue weighted by Gasteiger charge is 2.20. The number of likely N-dealkylation sites (tertiary alicyclic amines) is 1. The van der Waals surface area contributed by atoms with E-state index in [1.54, 1.807) is 6.92 Å². The number of rotatable bonds is 5. The van der Waals surface area contributed by atoms with Crippen LogP contribution in [0.1, 0.15) is 56.7 Å². The Morgan fingerprint density at radius 3 is 2.70 bits per heavy atom. The molecule has 1 aromatic heterocycles. The maximum absolute atomic E-state index is 12.4. The van der Waals surface area contributed by atoms with Crippen molar-refractivity contribution in [1.82, 2.24) is 14.9 Å². The molecule has 1 atom stereocenters. The normalized spacial score (nSPS) is 18.7. The average molecular weight is 321 g/mol. The first-order chi connectivity index (χ1) is 11.0. The molecule has 2 N–H and O–H groups in total. The monoisotopic (exact) mass is 321 g/mol. The van der Waals surface area contributed by atoms with Gasteiger partial charge in [-0.25, -0.2) is 4.79 Å². The highest BCUT2D eigenvalue weighted by atomic mass is 16.2. The van der Waals surface area contributed by atoms with Crippen LogP contribution in [0.4, 0.5) is 0 Å². The van der Waals surface area contributed by atoms with Gasteiger partial charge in [0.25, 0.3) is 5.56 Å². The molecule has 23 heavy (non-hydrogen) atoms. The fourth-order valence-corrected chi connectivity index (χ4v) is 3.43. The zero-order chi connectivity index (χ0) is 16.8. The lowest BCUT2D eigenvalue weighted by molar-refractivity contribution is -0.131. The topological polar surface area (TPSA) is 86.0 Å². The smallest absolute Gasteiger partial charge is 0.325 e. The minimum absolute atomic E-state index is 0.104. The minimum atomic E-state index is -0.503. The van der Waals surface area contributed by atoms with E-state index in [9.17, 15) is 14.4 Å². The Labute approximate surface area is 136 Å². The van der Waals surface area contributed by atoms with Gasteiger partial charge in [0, 0.05) is 30.8 Å². The molecule has 0 aromatic carbocycles. The van der Waals surface area contributed by atoms with Crippen molar-refractivity contribution in [2.24, 2.45) is 5.92 Å². The molecular formula is C17H27N3O3. The van der Waals surface area contributed by atoms with Gasteiger partial charge in [0.15, 0.2) is 0 Å². The molecule has 0 bridgehead atoms. The molecule has 6 nitrogen and oxygen atoms in total. The van der Waals surface area contributed by atoms with Gasteiger partial charge in [-0.3, -0.25) is 14.6 Å². The largest absolute Gasteiger partial charge is 0.343 e. The zero-order valence-corrected chi connectivity index (χ0v) is 14.1. The minimum Gasteiger partial charge on any atom is -0.343 e. The highest BCUT2D eigenvalue weighted by molar-refractivity contribution is 5.76. The van der Waals surface area contributed by atoms with E-state index in [1.165, 1.54) is 19.3 Å². The number of aromatic nitrogens is 2. The van der Waals surface area contributed by atoms with Crippen molar-refractivity contribution in [3.8, 4) is 0 Å². The van der Waals surface area contributed by atoms with Gasteiger partial charge in [-0.15, -0.1) is 0 Å². The summed E-state index contributed by atoms with van der Waals surface area (Å²) in [7, 11) is 0. The summed E-state index contributed by atoms with van der Waals surface area (Å²) in [4.78, 5) is 42.2.